The molecule has 0 unspecified atom stereocenters. The average molecular weight is 350 g/mol. The molecular formula is C18H3FN8. The lowest BCUT2D eigenvalue weighted by atomic mass is 10.0. The van der Waals surface area contributed by atoms with E-state index < -0.39 is 5.82 Å². The van der Waals surface area contributed by atoms with Gasteiger partial charge in [0.25, 0.3) is 5.70 Å². The Kier molecular flexibility index (Phi) is 3.31. The minimum absolute atomic E-state index is 0.0163. The molecule has 4 rings (SSSR count). The number of rotatable bonds is 0. The van der Waals surface area contributed by atoms with E-state index in [9.17, 15) is 9.65 Å². The van der Waals surface area contributed by atoms with E-state index in [1.54, 1.807) is 18.2 Å². The molecule has 9 heteroatoms. The predicted octanol–water partition coefficient (Wildman–Crippen LogP) is 2.48. The number of nitrogens with zero attached hydrogens (tertiary/aromatic N) is 8. The van der Waals surface area contributed by atoms with Gasteiger partial charge in [-0.3, -0.25) is 0 Å². The van der Waals surface area contributed by atoms with Gasteiger partial charge in [0, 0.05) is 11.1 Å². The quantitative estimate of drug-likeness (QED) is 0.352. The van der Waals surface area contributed by atoms with E-state index in [-0.39, 0.29) is 39.6 Å². The molecule has 0 bridgehead atoms. The molecule has 0 atom stereocenters. The van der Waals surface area contributed by atoms with Crippen molar-refractivity contribution in [2.24, 2.45) is 0 Å². The first kappa shape index (κ1) is 15.8. The molecule has 1 aliphatic carbocycles. The third kappa shape index (κ3) is 2.17. The Morgan fingerprint density at radius 1 is 0.926 bits per heavy atom. The van der Waals surface area contributed by atoms with Crippen molar-refractivity contribution >= 4 is 16.9 Å². The van der Waals surface area contributed by atoms with Gasteiger partial charge in [-0.1, -0.05) is 0 Å². The minimum Gasteiger partial charge on any atom is -0.226 e. The molecule has 2 aromatic heterocycles. The number of benzene rings is 1. The zero-order valence-corrected chi connectivity index (χ0v) is 13.2. The van der Waals surface area contributed by atoms with Gasteiger partial charge in [-0.25, -0.2) is 34.4 Å². The molecule has 0 saturated carbocycles. The second-order valence-electron chi connectivity index (χ2n) is 5.35. The van der Waals surface area contributed by atoms with Gasteiger partial charge in [-0.2, -0.15) is 10.5 Å². The van der Waals surface area contributed by atoms with Crippen molar-refractivity contribution < 1.29 is 4.39 Å². The lowest BCUT2D eigenvalue weighted by molar-refractivity contribution is 0.627. The van der Waals surface area contributed by atoms with Crippen molar-refractivity contribution in [1.29, 1.82) is 15.8 Å². The van der Waals surface area contributed by atoms with Crippen LogP contribution >= 0.6 is 0 Å². The maximum Gasteiger partial charge on any atom is 0.271 e. The Hall–Kier alpha value is -4.73. The predicted molar refractivity (Wildman–Crippen MR) is 88.2 cm³/mol. The van der Waals surface area contributed by atoms with Crippen molar-refractivity contribution in [3.05, 3.63) is 63.8 Å². The van der Waals surface area contributed by atoms with Gasteiger partial charge < -0.3 is 0 Å². The number of hydrogen-bond acceptors (Lipinski definition) is 7. The van der Waals surface area contributed by atoms with E-state index in [0.29, 0.717) is 16.8 Å². The third-order valence-electron chi connectivity index (χ3n) is 3.93. The molecule has 1 aliphatic rings. The van der Waals surface area contributed by atoms with Gasteiger partial charge in [0.2, 0.25) is 0 Å². The molecule has 8 nitrogen and oxygen atoms in total. The van der Waals surface area contributed by atoms with Gasteiger partial charge in [0.15, 0.2) is 22.7 Å². The number of hydrogen-bond donors (Lipinski definition) is 0. The molecule has 2 heterocycles. The highest BCUT2D eigenvalue weighted by Crippen LogP contribution is 2.44. The van der Waals surface area contributed by atoms with Gasteiger partial charge >= 0.3 is 0 Å². The summed E-state index contributed by atoms with van der Waals surface area (Å²) >= 11 is 0. The lowest BCUT2D eigenvalue weighted by Crippen LogP contribution is -2.02. The Labute approximate surface area is 150 Å². The molecule has 0 radical (unpaired) electrons. The van der Waals surface area contributed by atoms with E-state index in [4.69, 9.17) is 17.1 Å². The van der Waals surface area contributed by atoms with Crippen LogP contribution in [0.5, 0.6) is 0 Å². The molecule has 0 saturated heterocycles. The fourth-order valence-corrected chi connectivity index (χ4v) is 2.84. The maximum atomic E-state index is 13.8. The molecule has 0 aliphatic heterocycles. The molecule has 0 N–H and O–H groups in total. The summed E-state index contributed by atoms with van der Waals surface area (Å²) < 4.78 is 13.8. The first-order valence-electron chi connectivity index (χ1n) is 7.33. The smallest absolute Gasteiger partial charge is 0.226 e. The van der Waals surface area contributed by atoms with E-state index >= 15 is 0 Å². The van der Waals surface area contributed by atoms with Gasteiger partial charge in [0.05, 0.1) is 24.0 Å². The molecule has 122 valence electrons. The molecule has 0 amide bonds. The lowest BCUT2D eigenvalue weighted by Gasteiger charge is -2.03. The van der Waals surface area contributed by atoms with Crippen LogP contribution in [-0.4, -0.2) is 19.9 Å². The van der Waals surface area contributed by atoms with Crippen LogP contribution < -0.4 is 0 Å². The first-order chi connectivity index (χ1) is 13.1. The highest BCUT2D eigenvalue weighted by Gasteiger charge is 2.31. The van der Waals surface area contributed by atoms with Crippen LogP contribution in [0.25, 0.3) is 33.0 Å². The Morgan fingerprint density at radius 3 is 2.11 bits per heavy atom. The number of nitriles is 3. The number of halogens is 1. The van der Waals surface area contributed by atoms with Crippen molar-refractivity contribution in [1.82, 2.24) is 19.9 Å². The SMILES string of the molecule is [C-]#[N+]/C(C#N)=C1\c2cc(F)ccc2-c2nc3nc(C#N)c(C#N)nc3nc21. The van der Waals surface area contributed by atoms with Crippen molar-refractivity contribution in [2.75, 3.05) is 0 Å². The number of fused-ring (bicyclic) bond motifs is 4. The van der Waals surface area contributed by atoms with Gasteiger partial charge in [0.1, 0.15) is 18.0 Å². The minimum atomic E-state index is -0.541. The van der Waals surface area contributed by atoms with Crippen LogP contribution in [0.1, 0.15) is 22.6 Å². The van der Waals surface area contributed by atoms with Crippen LogP contribution in [0.2, 0.25) is 0 Å². The van der Waals surface area contributed by atoms with Crippen LogP contribution in [-0.2, 0) is 0 Å². The molecule has 0 fully saturated rings. The summed E-state index contributed by atoms with van der Waals surface area (Å²) in [7, 11) is 0. The van der Waals surface area contributed by atoms with Crippen molar-refractivity contribution in [2.45, 2.75) is 0 Å². The highest BCUT2D eigenvalue weighted by atomic mass is 19.1. The van der Waals surface area contributed by atoms with Crippen LogP contribution in [0.4, 0.5) is 4.39 Å². The van der Waals surface area contributed by atoms with Crippen molar-refractivity contribution in [3.63, 3.8) is 0 Å². The van der Waals surface area contributed by atoms with Crippen molar-refractivity contribution in [3.8, 4) is 29.5 Å². The third-order valence-corrected chi connectivity index (χ3v) is 3.93. The van der Waals surface area contributed by atoms with Crippen LogP contribution in [0.3, 0.4) is 0 Å². The topological polar surface area (TPSA) is 127 Å². The summed E-state index contributed by atoms with van der Waals surface area (Å²) in [5.41, 5.74) is 0.770. The second-order valence-corrected chi connectivity index (χ2v) is 5.35. The fourth-order valence-electron chi connectivity index (χ4n) is 2.84. The summed E-state index contributed by atoms with van der Waals surface area (Å²) in [4.78, 5) is 19.9. The Morgan fingerprint density at radius 2 is 1.56 bits per heavy atom. The van der Waals surface area contributed by atoms with Gasteiger partial charge in [-0.05, 0) is 23.8 Å². The Bertz CT molecular complexity index is 1360. The number of allylic oxidation sites excluding steroid dienone is 1. The largest absolute Gasteiger partial charge is 0.271 e. The summed E-state index contributed by atoms with van der Waals surface area (Å²) in [5.74, 6) is -0.541. The van der Waals surface area contributed by atoms with E-state index in [0.717, 1.165) is 0 Å². The molecule has 0 spiro atoms. The maximum absolute atomic E-state index is 13.8. The summed E-state index contributed by atoms with van der Waals surface area (Å²) in [6.45, 7) is 7.24. The first-order valence-corrected chi connectivity index (χ1v) is 7.33. The average Bonchev–Trinajstić information content (AvgIpc) is 2.98. The van der Waals surface area contributed by atoms with Crippen LogP contribution in [0.15, 0.2) is 23.9 Å². The second kappa shape index (κ2) is 5.67. The normalized spacial score (nSPS) is 12.9. The standard InChI is InChI=1S/C18H3FN8/c1-23-13(7-22)14-10-4-8(19)2-3-9(10)15-16(14)27-18-17(26-15)24-11(5-20)12(6-21)25-18/h2-4H/b14-13+. The van der Waals surface area contributed by atoms with Gasteiger partial charge in [-0.15, -0.1) is 0 Å². The molecule has 3 aromatic rings. The zero-order valence-electron chi connectivity index (χ0n) is 13.2. The van der Waals surface area contributed by atoms with Crippen LogP contribution in [0, 0.1) is 46.4 Å². The van der Waals surface area contributed by atoms with E-state index in [1.807, 2.05) is 0 Å². The van der Waals surface area contributed by atoms with E-state index in [1.165, 1.54) is 18.2 Å². The van der Waals surface area contributed by atoms with E-state index in [2.05, 4.69) is 24.8 Å². The molecule has 1 aromatic carbocycles. The fraction of sp³-hybridized carbons (Fsp3) is 0. The Balaban J connectivity index is 2.16. The highest BCUT2D eigenvalue weighted by molar-refractivity contribution is 6.02. The molecular weight excluding hydrogens is 347 g/mol. The summed E-state index contributed by atoms with van der Waals surface area (Å²) in [6.07, 6.45) is 0. The monoisotopic (exact) mass is 350 g/mol. The zero-order chi connectivity index (χ0) is 19.1. The molecule has 27 heavy (non-hydrogen) atoms. The summed E-state index contributed by atoms with van der Waals surface area (Å²) in [5, 5.41) is 27.5. The number of aromatic nitrogens is 4. The summed E-state index contributed by atoms with van der Waals surface area (Å²) in [6, 6.07) is 9.22.